The maximum absolute atomic E-state index is 11.8. The molecule has 0 amide bonds. The molecule has 0 aliphatic heterocycles. The third kappa shape index (κ3) is 4.51. The summed E-state index contributed by atoms with van der Waals surface area (Å²) in [6.45, 7) is 7.02. The molecule has 0 heterocycles. The summed E-state index contributed by atoms with van der Waals surface area (Å²) in [5, 5.41) is 4.12. The van der Waals surface area contributed by atoms with Gasteiger partial charge in [-0.1, -0.05) is 31.5 Å². The van der Waals surface area contributed by atoms with Crippen LogP contribution in [-0.4, -0.2) is 12.6 Å². The van der Waals surface area contributed by atoms with Gasteiger partial charge in [0.1, 0.15) is 0 Å². The number of carbonyl (C=O) groups is 1. The molecule has 0 spiro atoms. The van der Waals surface area contributed by atoms with Gasteiger partial charge in [-0.15, -0.1) is 0 Å². The molecule has 30 heavy (non-hydrogen) atoms. The van der Waals surface area contributed by atoms with E-state index in [0.29, 0.717) is 12.2 Å². The fourth-order valence-electron chi connectivity index (χ4n) is 5.88. The second-order valence-corrected chi connectivity index (χ2v) is 10.0. The summed E-state index contributed by atoms with van der Waals surface area (Å²) in [5.41, 5.74) is 3.91. The first-order chi connectivity index (χ1) is 14.4. The van der Waals surface area contributed by atoms with E-state index >= 15 is 0 Å². The molecule has 2 aromatic carbocycles. The number of benzene rings is 2. The molecule has 2 aliphatic carbocycles. The van der Waals surface area contributed by atoms with Crippen molar-refractivity contribution in [3.63, 3.8) is 0 Å². The lowest BCUT2D eigenvalue weighted by molar-refractivity contribution is 0.0526. The van der Waals surface area contributed by atoms with Crippen molar-refractivity contribution in [3.8, 4) is 0 Å². The quantitative estimate of drug-likeness (QED) is 0.508. The van der Waals surface area contributed by atoms with Crippen molar-refractivity contribution in [1.29, 1.82) is 0 Å². The van der Waals surface area contributed by atoms with Crippen molar-refractivity contribution in [2.75, 3.05) is 11.9 Å². The number of rotatable bonds is 5. The Labute approximate surface area is 185 Å². The van der Waals surface area contributed by atoms with Crippen LogP contribution in [0.4, 0.5) is 11.4 Å². The lowest BCUT2D eigenvalue weighted by Gasteiger charge is -2.47. The van der Waals surface area contributed by atoms with Crippen LogP contribution in [0.2, 0.25) is 5.02 Å². The molecule has 0 radical (unpaired) electrons. The maximum Gasteiger partial charge on any atom is 0.338 e. The Balaban J connectivity index is 1.48. The van der Waals surface area contributed by atoms with E-state index < -0.39 is 0 Å². The molecule has 2 unspecified atom stereocenters. The van der Waals surface area contributed by atoms with Gasteiger partial charge in [-0.25, -0.2) is 4.79 Å². The van der Waals surface area contributed by atoms with E-state index in [0.717, 1.165) is 34.2 Å². The highest BCUT2D eigenvalue weighted by atomic mass is 35.5. The summed E-state index contributed by atoms with van der Waals surface area (Å²) in [6, 6.07) is 13.8. The first-order valence-electron chi connectivity index (χ1n) is 11.2. The average molecular weight is 426 g/mol. The second kappa shape index (κ2) is 8.63. The van der Waals surface area contributed by atoms with Gasteiger partial charge in [0.15, 0.2) is 0 Å². The predicted octanol–water partition coefficient (Wildman–Crippen LogP) is 7.36. The number of nitrogens with one attached hydrogen (secondary N) is 1. The van der Waals surface area contributed by atoms with Gasteiger partial charge in [-0.05, 0) is 104 Å². The molecule has 1 N–H and O–H groups in total. The normalized spacial score (nSPS) is 28.1. The van der Waals surface area contributed by atoms with E-state index in [-0.39, 0.29) is 11.4 Å². The highest BCUT2D eigenvalue weighted by molar-refractivity contribution is 6.33. The molecule has 2 atom stereocenters. The van der Waals surface area contributed by atoms with Crippen molar-refractivity contribution in [2.45, 2.75) is 58.3 Å². The molecule has 4 rings (SSSR count). The van der Waals surface area contributed by atoms with E-state index in [1.165, 1.54) is 37.7 Å². The summed E-state index contributed by atoms with van der Waals surface area (Å²) >= 11 is 6.69. The molecule has 0 aromatic heterocycles. The molecule has 4 heteroatoms. The van der Waals surface area contributed by atoms with Gasteiger partial charge in [0.25, 0.3) is 0 Å². The van der Waals surface area contributed by atoms with Crippen LogP contribution in [0.3, 0.4) is 0 Å². The smallest absolute Gasteiger partial charge is 0.338 e. The fraction of sp³-hybridized carbons (Fsp3) is 0.500. The fourth-order valence-corrected chi connectivity index (χ4v) is 6.10. The first-order valence-corrected chi connectivity index (χ1v) is 11.6. The number of hydrogen-bond acceptors (Lipinski definition) is 3. The number of anilines is 2. The van der Waals surface area contributed by atoms with Gasteiger partial charge in [0, 0.05) is 5.69 Å². The standard InChI is InChI=1S/C26H32ClNO2/c1-4-30-25(29)20-5-8-22(9-6-20)28-24-10-7-21(14-23(24)27)26(3)15-18-11-17(2)12-19(13-18)16-26/h5-10,14,17-19,28H,4,11-13,15-16H2,1-3H3. The monoisotopic (exact) mass is 425 g/mol. The Morgan fingerprint density at radius 1 is 1.10 bits per heavy atom. The van der Waals surface area contributed by atoms with E-state index in [9.17, 15) is 4.79 Å². The summed E-state index contributed by atoms with van der Waals surface area (Å²) < 4.78 is 5.04. The van der Waals surface area contributed by atoms with E-state index in [1.54, 1.807) is 19.1 Å². The van der Waals surface area contributed by atoms with Crippen LogP contribution in [0.25, 0.3) is 0 Å². The van der Waals surface area contributed by atoms with E-state index in [1.807, 2.05) is 12.1 Å². The Bertz CT molecular complexity index is 890. The number of fused-ring (bicyclic) bond motifs is 2. The zero-order valence-electron chi connectivity index (χ0n) is 18.2. The number of ether oxygens (including phenoxy) is 1. The highest BCUT2D eigenvalue weighted by Crippen LogP contribution is 2.51. The van der Waals surface area contributed by atoms with Gasteiger partial charge >= 0.3 is 5.97 Å². The minimum atomic E-state index is -0.300. The zero-order chi connectivity index (χ0) is 21.3. The minimum absolute atomic E-state index is 0.219. The largest absolute Gasteiger partial charge is 0.462 e. The summed E-state index contributed by atoms with van der Waals surface area (Å²) in [5.74, 6) is 2.29. The average Bonchev–Trinajstić information content (AvgIpc) is 2.69. The van der Waals surface area contributed by atoms with Gasteiger partial charge in [0.05, 0.1) is 22.9 Å². The number of halogens is 1. The van der Waals surface area contributed by atoms with Gasteiger partial charge in [-0.2, -0.15) is 0 Å². The third-order valence-corrected chi connectivity index (χ3v) is 7.27. The van der Waals surface area contributed by atoms with Crippen LogP contribution >= 0.6 is 11.6 Å². The molecule has 2 fully saturated rings. The lowest BCUT2D eigenvalue weighted by atomic mass is 9.57. The third-order valence-electron chi connectivity index (χ3n) is 6.96. The van der Waals surface area contributed by atoms with Crippen molar-refractivity contribution in [1.82, 2.24) is 0 Å². The van der Waals surface area contributed by atoms with Crippen LogP contribution < -0.4 is 5.32 Å². The van der Waals surface area contributed by atoms with E-state index in [4.69, 9.17) is 16.3 Å². The Kier molecular flexibility index (Phi) is 6.11. The molecule has 160 valence electrons. The zero-order valence-corrected chi connectivity index (χ0v) is 19.0. The minimum Gasteiger partial charge on any atom is -0.462 e. The SMILES string of the molecule is CCOC(=O)c1ccc(Nc2ccc(C3(C)CC4CC(C)CC(C4)C3)cc2Cl)cc1. The molecule has 2 saturated carbocycles. The van der Waals surface area contributed by atoms with Gasteiger partial charge in [-0.3, -0.25) is 0 Å². The maximum atomic E-state index is 11.8. The molecule has 2 aromatic rings. The summed E-state index contributed by atoms with van der Waals surface area (Å²) in [6.07, 6.45) is 6.70. The lowest BCUT2D eigenvalue weighted by Crippen LogP contribution is -2.38. The van der Waals surface area contributed by atoms with Crippen molar-refractivity contribution < 1.29 is 9.53 Å². The molecule has 3 nitrogen and oxygen atoms in total. The number of esters is 1. The Hall–Kier alpha value is -2.00. The van der Waals surface area contributed by atoms with Crippen LogP contribution in [0.1, 0.15) is 68.8 Å². The van der Waals surface area contributed by atoms with E-state index in [2.05, 4.69) is 37.4 Å². The predicted molar refractivity (Wildman–Crippen MR) is 124 cm³/mol. The van der Waals surface area contributed by atoms with Gasteiger partial charge < -0.3 is 10.1 Å². The van der Waals surface area contributed by atoms with Crippen molar-refractivity contribution in [2.24, 2.45) is 17.8 Å². The Morgan fingerprint density at radius 2 is 1.77 bits per heavy atom. The molecule has 0 saturated heterocycles. The summed E-state index contributed by atoms with van der Waals surface area (Å²) in [7, 11) is 0. The first kappa shape index (κ1) is 21.2. The topological polar surface area (TPSA) is 38.3 Å². The number of hydrogen-bond donors (Lipinski definition) is 1. The van der Waals surface area contributed by atoms with Gasteiger partial charge in [0.2, 0.25) is 0 Å². The second-order valence-electron chi connectivity index (χ2n) is 9.63. The van der Waals surface area contributed by atoms with Crippen LogP contribution in [0.15, 0.2) is 42.5 Å². The molecular formula is C26H32ClNO2. The number of carbonyl (C=O) groups excluding carboxylic acids is 1. The molecular weight excluding hydrogens is 394 g/mol. The van der Waals surface area contributed by atoms with Crippen LogP contribution in [-0.2, 0) is 10.2 Å². The van der Waals surface area contributed by atoms with Crippen molar-refractivity contribution in [3.05, 3.63) is 58.6 Å². The summed E-state index contributed by atoms with van der Waals surface area (Å²) in [4.78, 5) is 11.8. The van der Waals surface area contributed by atoms with Crippen LogP contribution in [0.5, 0.6) is 0 Å². The van der Waals surface area contributed by atoms with Crippen LogP contribution in [0, 0.1) is 17.8 Å². The highest BCUT2D eigenvalue weighted by Gasteiger charge is 2.41. The molecule has 2 bridgehead atoms. The Morgan fingerprint density at radius 3 is 2.37 bits per heavy atom. The molecule has 2 aliphatic rings. The van der Waals surface area contributed by atoms with Crippen molar-refractivity contribution >= 4 is 28.9 Å².